The number of quaternary nitrogens is 1. The summed E-state index contributed by atoms with van der Waals surface area (Å²) in [6.07, 6.45) is 24.9. The van der Waals surface area contributed by atoms with Gasteiger partial charge in [-0.05, 0) is 40.0 Å². The molecule has 0 aromatic heterocycles. The van der Waals surface area contributed by atoms with Gasteiger partial charge in [0.25, 0.3) is 0 Å². The second kappa shape index (κ2) is 22.3. The van der Waals surface area contributed by atoms with Gasteiger partial charge in [0.1, 0.15) is 0 Å². The fourth-order valence-corrected chi connectivity index (χ4v) is 8.32. The zero-order chi connectivity index (χ0) is 25.5. The van der Waals surface area contributed by atoms with Crippen LogP contribution in [0.3, 0.4) is 0 Å². The third-order valence-corrected chi connectivity index (χ3v) is 11.1. The van der Waals surface area contributed by atoms with Gasteiger partial charge < -0.3 is 17.4 Å². The zero-order valence-electron chi connectivity index (χ0n) is 24.6. The fourth-order valence-electron chi connectivity index (χ4n) is 5.27. The minimum Gasteiger partial charge on any atom is -0.325 e. The van der Waals surface area contributed by atoms with Crippen molar-refractivity contribution in [1.82, 2.24) is 0 Å². The van der Waals surface area contributed by atoms with Crippen LogP contribution >= 0.6 is 0 Å². The Bertz CT molecular complexity index is 417. The van der Waals surface area contributed by atoms with Crippen molar-refractivity contribution in [3.63, 3.8) is 0 Å². The smallest absolute Gasteiger partial charge is 0.325 e. The first-order valence-corrected chi connectivity index (χ1v) is 16.9. The molecule has 4 nitrogen and oxygen atoms in total. The van der Waals surface area contributed by atoms with Crippen molar-refractivity contribution in [2.24, 2.45) is 0 Å². The normalized spacial score (nSPS) is 13.5. The summed E-state index contributed by atoms with van der Waals surface area (Å²) >= 11 is 0. The molecular formula is C29H64NO3Si+. The molecule has 0 N–H and O–H groups in total. The molecule has 0 aliphatic rings. The van der Waals surface area contributed by atoms with Gasteiger partial charge in [-0.3, -0.25) is 0 Å². The average molecular weight is 503 g/mol. The molecule has 0 aliphatic carbocycles. The SMILES string of the molecule is CCCCCCCCCCCCCCCCCC(CCC)[N+](C)(C)[Si](OCC)(OCC)OCC. The van der Waals surface area contributed by atoms with Gasteiger partial charge in [0, 0.05) is 19.8 Å². The second-order valence-corrected chi connectivity index (χ2v) is 13.6. The number of unbranched alkanes of at least 4 members (excludes halogenated alkanes) is 14. The molecule has 0 fully saturated rings. The molecule has 0 saturated carbocycles. The lowest BCUT2D eigenvalue weighted by Gasteiger charge is -2.46. The predicted octanol–water partition coefficient (Wildman–Crippen LogP) is 9.04. The Balaban J connectivity index is 4.21. The van der Waals surface area contributed by atoms with Crippen LogP contribution in [0.15, 0.2) is 0 Å². The van der Waals surface area contributed by atoms with E-state index in [0.29, 0.717) is 25.9 Å². The number of hydrogen-bond acceptors (Lipinski definition) is 3. The van der Waals surface area contributed by atoms with E-state index < -0.39 is 8.97 Å². The summed E-state index contributed by atoms with van der Waals surface area (Å²) in [5.74, 6) is 0. The number of hydrogen-bond donors (Lipinski definition) is 0. The van der Waals surface area contributed by atoms with Crippen LogP contribution < -0.4 is 0 Å². The van der Waals surface area contributed by atoms with Gasteiger partial charge in [0.05, 0.1) is 20.1 Å². The van der Waals surface area contributed by atoms with Crippen LogP contribution in [-0.4, -0.2) is 53.1 Å². The van der Waals surface area contributed by atoms with Crippen molar-refractivity contribution < 1.29 is 17.4 Å². The molecule has 0 bridgehead atoms. The third-order valence-electron chi connectivity index (χ3n) is 7.36. The van der Waals surface area contributed by atoms with E-state index in [0.717, 1.165) is 4.15 Å². The van der Waals surface area contributed by atoms with E-state index in [9.17, 15) is 0 Å². The molecule has 0 aliphatic heterocycles. The van der Waals surface area contributed by atoms with Gasteiger partial charge in [-0.25, -0.2) is 0 Å². The van der Waals surface area contributed by atoms with Crippen LogP contribution in [-0.2, 0) is 13.3 Å². The third kappa shape index (κ3) is 14.0. The van der Waals surface area contributed by atoms with Gasteiger partial charge in [-0.2, -0.15) is 0 Å². The predicted molar refractivity (Wildman–Crippen MR) is 151 cm³/mol. The van der Waals surface area contributed by atoms with Gasteiger partial charge in [0.2, 0.25) is 0 Å². The molecule has 0 aromatic rings. The van der Waals surface area contributed by atoms with Crippen molar-refractivity contribution in [2.45, 2.75) is 156 Å². The van der Waals surface area contributed by atoms with E-state index in [-0.39, 0.29) is 0 Å². The quantitative estimate of drug-likeness (QED) is 0.0872. The monoisotopic (exact) mass is 502 g/mol. The van der Waals surface area contributed by atoms with Crippen molar-refractivity contribution in [1.29, 1.82) is 0 Å². The number of nitrogens with zero attached hydrogens (tertiary/aromatic N) is 1. The Morgan fingerprint density at radius 2 is 0.824 bits per heavy atom. The zero-order valence-corrected chi connectivity index (χ0v) is 25.6. The number of rotatable bonds is 26. The maximum absolute atomic E-state index is 6.30. The summed E-state index contributed by atoms with van der Waals surface area (Å²) in [7, 11) is 1.79. The molecule has 34 heavy (non-hydrogen) atoms. The summed E-state index contributed by atoms with van der Waals surface area (Å²) < 4.78 is 19.6. The standard InChI is InChI=1S/C29H64NO3Si/c1-8-13-14-15-16-17-18-19-20-21-22-23-24-25-26-28-29(27-9-2)30(6,7)34(31-10-3,32-11-4)33-12-5/h29H,8-28H2,1-7H3/q+1. The van der Waals surface area contributed by atoms with Crippen molar-refractivity contribution in [3.05, 3.63) is 0 Å². The Labute approximate surface area is 216 Å². The van der Waals surface area contributed by atoms with Crippen molar-refractivity contribution in [2.75, 3.05) is 33.9 Å². The highest BCUT2D eigenvalue weighted by Gasteiger charge is 2.64. The van der Waals surface area contributed by atoms with Crippen LogP contribution in [0.25, 0.3) is 0 Å². The minimum absolute atomic E-state index is 0.531. The summed E-state index contributed by atoms with van der Waals surface area (Å²) in [5.41, 5.74) is 0. The van der Waals surface area contributed by atoms with E-state index in [1.165, 1.54) is 116 Å². The lowest BCUT2D eigenvalue weighted by molar-refractivity contribution is -0.847. The van der Waals surface area contributed by atoms with Crippen LogP contribution in [0.4, 0.5) is 0 Å². The molecule has 1 atom stereocenters. The molecule has 0 rings (SSSR count). The second-order valence-electron chi connectivity index (χ2n) is 10.5. The Hall–Kier alpha value is 0.0569. The highest BCUT2D eigenvalue weighted by Crippen LogP contribution is 2.30. The van der Waals surface area contributed by atoms with Crippen LogP contribution in [0.1, 0.15) is 150 Å². The molecule has 206 valence electrons. The first kappa shape index (κ1) is 34.1. The lowest BCUT2D eigenvalue weighted by Crippen LogP contribution is -2.73. The Kier molecular flexibility index (Phi) is 22.3. The average Bonchev–Trinajstić information content (AvgIpc) is 2.81. The fraction of sp³-hybridized carbons (Fsp3) is 1.00. The first-order chi connectivity index (χ1) is 16.5. The van der Waals surface area contributed by atoms with E-state index in [2.05, 4.69) is 48.7 Å². The summed E-state index contributed by atoms with van der Waals surface area (Å²) in [6.45, 7) is 12.7. The van der Waals surface area contributed by atoms with Gasteiger partial charge in [-0.15, -0.1) is 0 Å². The van der Waals surface area contributed by atoms with E-state index in [4.69, 9.17) is 13.3 Å². The van der Waals surface area contributed by atoms with E-state index in [1.54, 1.807) is 0 Å². The highest BCUT2D eigenvalue weighted by molar-refractivity contribution is 6.52. The molecular weight excluding hydrogens is 438 g/mol. The molecule has 5 heteroatoms. The van der Waals surface area contributed by atoms with E-state index >= 15 is 0 Å². The molecule has 0 amide bonds. The topological polar surface area (TPSA) is 27.7 Å². The van der Waals surface area contributed by atoms with Crippen molar-refractivity contribution in [3.8, 4) is 0 Å². The summed E-state index contributed by atoms with van der Waals surface area (Å²) in [4.78, 5) is 0. The van der Waals surface area contributed by atoms with Crippen molar-refractivity contribution >= 4 is 8.97 Å². The maximum atomic E-state index is 6.30. The molecule has 1 unspecified atom stereocenters. The Morgan fingerprint density at radius 3 is 1.15 bits per heavy atom. The van der Waals surface area contributed by atoms with Gasteiger partial charge in [-0.1, -0.05) is 110 Å². The summed E-state index contributed by atoms with van der Waals surface area (Å²) in [6, 6.07) is 0.531. The van der Waals surface area contributed by atoms with Crippen LogP contribution in [0, 0.1) is 0 Å². The molecule has 0 heterocycles. The minimum atomic E-state index is -2.79. The first-order valence-electron chi connectivity index (χ1n) is 15.2. The highest BCUT2D eigenvalue weighted by atomic mass is 28.4. The van der Waals surface area contributed by atoms with Gasteiger partial charge in [0.15, 0.2) is 0 Å². The maximum Gasteiger partial charge on any atom is 0.784 e. The lowest BCUT2D eigenvalue weighted by atomic mass is 10.0. The summed E-state index contributed by atoms with van der Waals surface area (Å²) in [5, 5.41) is 0. The largest absolute Gasteiger partial charge is 0.784 e. The molecule has 0 saturated heterocycles. The molecule has 0 spiro atoms. The molecule has 0 aromatic carbocycles. The Morgan fingerprint density at radius 1 is 0.471 bits per heavy atom. The van der Waals surface area contributed by atoms with Crippen LogP contribution in [0.5, 0.6) is 0 Å². The molecule has 0 radical (unpaired) electrons. The van der Waals surface area contributed by atoms with Gasteiger partial charge >= 0.3 is 8.97 Å². The van der Waals surface area contributed by atoms with E-state index in [1.807, 2.05) is 0 Å². The van der Waals surface area contributed by atoms with Crippen LogP contribution in [0.2, 0.25) is 0 Å².